The van der Waals surface area contributed by atoms with E-state index in [2.05, 4.69) is 0 Å². The minimum atomic E-state index is -6.40. The quantitative estimate of drug-likeness (QED) is 0.297. The van der Waals surface area contributed by atoms with Crippen LogP contribution in [0.15, 0.2) is 47.4 Å². The summed E-state index contributed by atoms with van der Waals surface area (Å²) in [5.41, 5.74) is -10.6. The maximum atomic E-state index is 15.0. The van der Waals surface area contributed by atoms with E-state index in [1.54, 1.807) is 0 Å². The molecule has 1 saturated carbocycles. The van der Waals surface area contributed by atoms with Crippen LogP contribution in [0.4, 0.5) is 39.5 Å². The lowest BCUT2D eigenvalue weighted by Crippen LogP contribution is -2.54. The number of aryl methyl sites for hydroxylation is 1. The highest BCUT2D eigenvalue weighted by Gasteiger charge is 2.74. The fourth-order valence-corrected chi connectivity index (χ4v) is 9.46. The van der Waals surface area contributed by atoms with Crippen molar-refractivity contribution in [1.29, 1.82) is 0 Å². The molecule has 1 amide bonds. The number of aliphatic carboxylic acids is 1. The van der Waals surface area contributed by atoms with Crippen LogP contribution < -0.4 is 0 Å². The molecule has 6 nitrogen and oxygen atoms in total. The first-order valence-electron chi connectivity index (χ1n) is 13.9. The van der Waals surface area contributed by atoms with E-state index in [-0.39, 0.29) is 55.8 Å². The summed E-state index contributed by atoms with van der Waals surface area (Å²) < 4.78 is 151. The molecule has 0 unspecified atom stereocenters. The predicted octanol–water partition coefficient (Wildman–Crippen LogP) is 6.31. The number of fused-ring (bicyclic) bond motifs is 3. The molecule has 2 aromatic rings. The van der Waals surface area contributed by atoms with Crippen molar-refractivity contribution in [1.82, 2.24) is 4.90 Å². The minimum absolute atomic E-state index is 0.157. The van der Waals surface area contributed by atoms with Crippen LogP contribution in [0.1, 0.15) is 55.2 Å². The number of nitrogens with zero attached hydrogens (tertiary/aromatic N) is 1. The second-order valence-corrected chi connectivity index (χ2v) is 14.0. The van der Waals surface area contributed by atoms with Gasteiger partial charge in [-0.2, -0.15) is 26.3 Å². The maximum Gasteiger partial charge on any atom is 0.435 e. The third-order valence-electron chi connectivity index (χ3n) is 9.46. The normalized spacial score (nSPS) is 27.5. The summed E-state index contributed by atoms with van der Waals surface area (Å²) in [6.07, 6.45) is -15.0. The number of rotatable bonds is 5. The van der Waals surface area contributed by atoms with Crippen molar-refractivity contribution in [2.75, 3.05) is 6.54 Å². The van der Waals surface area contributed by atoms with E-state index in [1.165, 1.54) is 4.90 Å². The molecule has 3 aliphatic rings. The number of carboxylic acid groups (broad SMARTS) is 1. The van der Waals surface area contributed by atoms with Gasteiger partial charge in [0.1, 0.15) is 10.6 Å². The molecular formula is C29H26F9NO5S. The monoisotopic (exact) mass is 671 g/mol. The summed E-state index contributed by atoms with van der Waals surface area (Å²) in [5.74, 6) is -3.93. The first kappa shape index (κ1) is 33.1. The van der Waals surface area contributed by atoms with E-state index >= 15 is 0 Å². The molecule has 0 radical (unpaired) electrons. The van der Waals surface area contributed by atoms with E-state index in [0.29, 0.717) is 12.1 Å². The van der Waals surface area contributed by atoms with Crippen molar-refractivity contribution in [3.63, 3.8) is 0 Å². The summed E-state index contributed by atoms with van der Waals surface area (Å²) >= 11 is 0. The Morgan fingerprint density at radius 1 is 0.867 bits per heavy atom. The number of sulfone groups is 1. The lowest BCUT2D eigenvalue weighted by molar-refractivity contribution is -0.348. The Morgan fingerprint density at radius 2 is 1.44 bits per heavy atom. The summed E-state index contributed by atoms with van der Waals surface area (Å²) in [5, 5.41) is 9.18. The van der Waals surface area contributed by atoms with Gasteiger partial charge in [-0.05, 0) is 80.3 Å². The second kappa shape index (κ2) is 10.6. The van der Waals surface area contributed by atoms with Crippen LogP contribution in [0.2, 0.25) is 0 Å². The topological polar surface area (TPSA) is 91.8 Å². The van der Waals surface area contributed by atoms with E-state index in [0.717, 1.165) is 24.3 Å². The Labute approximate surface area is 251 Å². The number of carbonyl (C=O) groups is 2. The van der Waals surface area contributed by atoms with Gasteiger partial charge < -0.3 is 10.0 Å². The third-order valence-corrected chi connectivity index (χ3v) is 12.0. The summed E-state index contributed by atoms with van der Waals surface area (Å²) in [6, 6.07) is 3.68. The molecule has 1 heterocycles. The smallest absolute Gasteiger partial charge is 0.435 e. The van der Waals surface area contributed by atoms with Crippen LogP contribution in [0.5, 0.6) is 0 Å². The molecule has 45 heavy (non-hydrogen) atoms. The SMILES string of the molecule is O=C(C1CCC(F)(C(=O)O)CC1)N1CC[C@]2(S(=O)(=O)c3ccc(F)cc3)c3ccc(C(F)(C(F)(F)F)C(F)(F)F)cc3CC[C@H]12. The summed E-state index contributed by atoms with van der Waals surface area (Å²) in [6.45, 7) is -0.223. The average Bonchev–Trinajstić information content (AvgIpc) is 3.37. The molecule has 2 atom stereocenters. The number of carboxylic acids is 1. The number of benzene rings is 2. The lowest BCUT2D eigenvalue weighted by atomic mass is 9.76. The van der Waals surface area contributed by atoms with Crippen LogP contribution in [0.25, 0.3) is 0 Å². The first-order chi connectivity index (χ1) is 20.7. The first-order valence-corrected chi connectivity index (χ1v) is 15.4. The molecule has 0 bridgehead atoms. The number of amides is 1. The molecule has 1 aliphatic heterocycles. The molecule has 2 aliphatic carbocycles. The van der Waals surface area contributed by atoms with Gasteiger partial charge in [0.2, 0.25) is 11.6 Å². The van der Waals surface area contributed by atoms with E-state index in [4.69, 9.17) is 0 Å². The van der Waals surface area contributed by atoms with Crippen LogP contribution in [0.3, 0.4) is 0 Å². The minimum Gasteiger partial charge on any atom is -0.479 e. The zero-order chi connectivity index (χ0) is 33.4. The van der Waals surface area contributed by atoms with Crippen LogP contribution in [-0.4, -0.2) is 60.9 Å². The standard InChI is InChI=1S/C29H26F9NO5S/c30-19-3-5-20(6-4-19)45(43,44)26-13-14-39(23(40)16-9-11-25(31,12-10-16)24(41)42)22(26)8-1-17-15-18(2-7-21(17)26)27(32,28(33,34)35)29(36,37)38/h2-7,15-16,22H,1,8-14H2,(H,41,42)/t16?,22-,25?,26-/m0/s1. The molecule has 1 saturated heterocycles. The van der Waals surface area contributed by atoms with E-state index in [1.807, 2.05) is 0 Å². The van der Waals surface area contributed by atoms with Crippen molar-refractivity contribution in [2.24, 2.45) is 5.92 Å². The van der Waals surface area contributed by atoms with E-state index in [9.17, 15) is 62.6 Å². The predicted molar refractivity (Wildman–Crippen MR) is 138 cm³/mol. The molecule has 16 heteroatoms. The fraction of sp³-hybridized carbons (Fsp3) is 0.517. The highest BCUT2D eigenvalue weighted by Crippen LogP contribution is 2.57. The maximum absolute atomic E-state index is 15.0. The van der Waals surface area contributed by atoms with Gasteiger partial charge in [-0.25, -0.2) is 26.4 Å². The Kier molecular flexibility index (Phi) is 7.81. The van der Waals surface area contributed by atoms with Crippen molar-refractivity contribution < 1.29 is 62.6 Å². The van der Waals surface area contributed by atoms with Crippen molar-refractivity contribution >= 4 is 21.7 Å². The molecule has 0 spiro atoms. The van der Waals surface area contributed by atoms with Gasteiger partial charge in [-0.15, -0.1) is 0 Å². The Balaban J connectivity index is 1.62. The summed E-state index contributed by atoms with van der Waals surface area (Å²) in [7, 11) is -4.66. The third kappa shape index (κ3) is 4.89. The molecule has 2 aromatic carbocycles. The number of hydrogen-bond donors (Lipinski definition) is 1. The number of alkyl halides is 8. The zero-order valence-corrected chi connectivity index (χ0v) is 24.0. The van der Waals surface area contributed by atoms with Crippen molar-refractivity contribution in [3.05, 3.63) is 65.0 Å². The number of hydrogen-bond acceptors (Lipinski definition) is 4. The van der Waals surface area contributed by atoms with Gasteiger partial charge in [-0.1, -0.05) is 18.2 Å². The van der Waals surface area contributed by atoms with Crippen LogP contribution in [0, 0.1) is 11.7 Å². The molecule has 246 valence electrons. The Hall–Kier alpha value is -3.30. The van der Waals surface area contributed by atoms with Gasteiger partial charge in [0.25, 0.3) is 0 Å². The molecule has 2 fully saturated rings. The van der Waals surface area contributed by atoms with Crippen molar-refractivity contribution in [2.45, 2.75) is 84.3 Å². The summed E-state index contributed by atoms with van der Waals surface area (Å²) in [4.78, 5) is 25.8. The van der Waals surface area contributed by atoms with Gasteiger partial charge in [0, 0.05) is 18.0 Å². The largest absolute Gasteiger partial charge is 0.479 e. The molecular weight excluding hydrogens is 645 g/mol. The molecule has 0 aromatic heterocycles. The lowest BCUT2D eigenvalue weighted by Gasteiger charge is -2.44. The van der Waals surface area contributed by atoms with Crippen molar-refractivity contribution in [3.8, 4) is 0 Å². The molecule has 5 rings (SSSR count). The Morgan fingerprint density at radius 3 is 1.98 bits per heavy atom. The van der Waals surface area contributed by atoms with Crippen LogP contribution >= 0.6 is 0 Å². The number of carbonyl (C=O) groups excluding carboxylic acids is 1. The van der Waals surface area contributed by atoms with E-state index < -0.39 is 91.2 Å². The second-order valence-electron chi connectivity index (χ2n) is 11.8. The average molecular weight is 672 g/mol. The van der Waals surface area contributed by atoms with Gasteiger partial charge in [-0.3, -0.25) is 4.79 Å². The van der Waals surface area contributed by atoms with Gasteiger partial charge in [0.15, 0.2) is 9.84 Å². The fourth-order valence-electron chi connectivity index (χ4n) is 7.09. The number of likely N-dealkylation sites (tertiary alicyclic amines) is 1. The molecule has 1 N–H and O–H groups in total. The highest BCUT2D eigenvalue weighted by atomic mass is 32.2. The Bertz CT molecular complexity index is 1600. The van der Waals surface area contributed by atoms with Gasteiger partial charge in [0.05, 0.1) is 10.9 Å². The van der Waals surface area contributed by atoms with Crippen LogP contribution in [-0.2, 0) is 36.3 Å². The highest BCUT2D eigenvalue weighted by molar-refractivity contribution is 7.92. The van der Waals surface area contributed by atoms with Gasteiger partial charge >= 0.3 is 24.0 Å². The zero-order valence-electron chi connectivity index (χ0n) is 23.2. The number of halogens is 9.